The molecular formula is C18H23FN4O3S. The van der Waals surface area contributed by atoms with Gasteiger partial charge in [-0.25, -0.2) is 27.5 Å². The van der Waals surface area contributed by atoms with Crippen LogP contribution in [0.3, 0.4) is 0 Å². The van der Waals surface area contributed by atoms with Gasteiger partial charge >= 0.3 is 0 Å². The highest BCUT2D eigenvalue weighted by Crippen LogP contribution is 2.22. The maximum atomic E-state index is 14.0. The van der Waals surface area contributed by atoms with Crippen LogP contribution in [0.5, 0.6) is 5.75 Å². The molecule has 0 bridgehead atoms. The smallest absolute Gasteiger partial charge is 0.241 e. The summed E-state index contributed by atoms with van der Waals surface area (Å²) in [4.78, 5) is 10.8. The molecule has 2 heterocycles. The summed E-state index contributed by atoms with van der Waals surface area (Å²) in [5.41, 5.74) is 0.771. The van der Waals surface area contributed by atoms with Crippen molar-refractivity contribution in [1.82, 2.24) is 14.7 Å². The third-order valence-corrected chi connectivity index (χ3v) is 5.65. The standard InChI is InChI=1S/C18H23FN4O3S/c1-3-26-16-7-6-14(11-15(16)19)27(24,25)20-12-17-21-13(2)10-18(22-17)23-8-4-5-9-23/h6-7,10-11,20H,3-5,8-9,12H2,1-2H3. The molecule has 9 heteroatoms. The van der Waals surface area contributed by atoms with Gasteiger partial charge in [0.15, 0.2) is 11.6 Å². The van der Waals surface area contributed by atoms with Crippen LogP contribution in [-0.2, 0) is 16.6 Å². The molecule has 7 nitrogen and oxygen atoms in total. The van der Waals surface area contributed by atoms with Crippen molar-refractivity contribution in [3.8, 4) is 5.75 Å². The first-order chi connectivity index (χ1) is 12.9. The molecule has 1 fully saturated rings. The van der Waals surface area contributed by atoms with Crippen molar-refractivity contribution >= 4 is 15.8 Å². The molecule has 1 aliphatic heterocycles. The normalized spacial score (nSPS) is 14.6. The first-order valence-electron chi connectivity index (χ1n) is 8.90. The van der Waals surface area contributed by atoms with Gasteiger partial charge in [-0.3, -0.25) is 0 Å². The minimum atomic E-state index is -3.90. The van der Waals surface area contributed by atoms with Crippen LogP contribution < -0.4 is 14.4 Å². The fourth-order valence-electron chi connectivity index (χ4n) is 2.96. The van der Waals surface area contributed by atoms with E-state index in [2.05, 4.69) is 19.6 Å². The molecule has 0 aliphatic carbocycles. The summed E-state index contributed by atoms with van der Waals surface area (Å²) in [5.74, 6) is 0.491. The average Bonchev–Trinajstić information content (AvgIpc) is 3.16. The molecule has 1 saturated heterocycles. The number of benzene rings is 1. The van der Waals surface area contributed by atoms with Gasteiger partial charge < -0.3 is 9.64 Å². The van der Waals surface area contributed by atoms with E-state index in [-0.39, 0.29) is 17.2 Å². The molecule has 146 valence electrons. The molecule has 0 radical (unpaired) electrons. The predicted molar refractivity (Wildman–Crippen MR) is 99.8 cm³/mol. The third-order valence-electron chi connectivity index (χ3n) is 4.25. The second kappa shape index (κ2) is 8.18. The zero-order valence-electron chi connectivity index (χ0n) is 15.4. The van der Waals surface area contributed by atoms with E-state index in [0.717, 1.165) is 43.5 Å². The van der Waals surface area contributed by atoms with Crippen molar-refractivity contribution < 1.29 is 17.5 Å². The molecule has 3 rings (SSSR count). The highest BCUT2D eigenvalue weighted by molar-refractivity contribution is 7.89. The van der Waals surface area contributed by atoms with Gasteiger partial charge in [-0.1, -0.05) is 0 Å². The fourth-order valence-corrected chi connectivity index (χ4v) is 3.96. The van der Waals surface area contributed by atoms with Crippen molar-refractivity contribution in [1.29, 1.82) is 0 Å². The number of hydrogen-bond donors (Lipinski definition) is 1. The SMILES string of the molecule is CCOc1ccc(S(=O)(=O)NCc2nc(C)cc(N3CCCC3)n2)cc1F. The van der Waals surface area contributed by atoms with E-state index in [1.165, 1.54) is 12.1 Å². The first-order valence-corrected chi connectivity index (χ1v) is 10.4. The van der Waals surface area contributed by atoms with Crippen LogP contribution in [0.2, 0.25) is 0 Å². The van der Waals surface area contributed by atoms with Crippen molar-refractivity contribution in [2.24, 2.45) is 0 Å². The lowest BCUT2D eigenvalue weighted by Crippen LogP contribution is -2.26. The van der Waals surface area contributed by atoms with Crippen LogP contribution >= 0.6 is 0 Å². The Balaban J connectivity index is 1.74. The van der Waals surface area contributed by atoms with E-state index in [9.17, 15) is 12.8 Å². The van der Waals surface area contributed by atoms with Crippen molar-refractivity contribution in [3.05, 3.63) is 41.6 Å². The Morgan fingerprint density at radius 2 is 1.96 bits per heavy atom. The minimum absolute atomic E-state index is 0.0220. The van der Waals surface area contributed by atoms with Gasteiger partial charge in [-0.05, 0) is 44.9 Å². The van der Waals surface area contributed by atoms with Crippen LogP contribution in [0.4, 0.5) is 10.2 Å². The zero-order valence-corrected chi connectivity index (χ0v) is 16.2. The number of aromatic nitrogens is 2. The van der Waals surface area contributed by atoms with Crippen molar-refractivity contribution in [2.45, 2.75) is 38.1 Å². The number of halogens is 1. The van der Waals surface area contributed by atoms with Crippen molar-refractivity contribution in [2.75, 3.05) is 24.6 Å². The van der Waals surface area contributed by atoms with Gasteiger partial charge in [0.1, 0.15) is 11.6 Å². The largest absolute Gasteiger partial charge is 0.491 e. The molecule has 1 aliphatic rings. The highest BCUT2D eigenvalue weighted by Gasteiger charge is 2.19. The first kappa shape index (κ1) is 19.5. The summed E-state index contributed by atoms with van der Waals surface area (Å²) in [6.07, 6.45) is 2.24. The Hall–Kier alpha value is -2.26. The summed E-state index contributed by atoms with van der Waals surface area (Å²) in [6.45, 7) is 5.68. The van der Waals surface area contributed by atoms with Gasteiger partial charge in [-0.15, -0.1) is 0 Å². The summed E-state index contributed by atoms with van der Waals surface area (Å²) < 4.78 is 46.4. The monoisotopic (exact) mass is 394 g/mol. The second-order valence-corrected chi connectivity index (χ2v) is 8.09. The second-order valence-electron chi connectivity index (χ2n) is 6.33. The Bertz CT molecular complexity index is 915. The van der Waals surface area contributed by atoms with E-state index in [1.54, 1.807) is 6.92 Å². The van der Waals surface area contributed by atoms with E-state index in [0.29, 0.717) is 12.4 Å². The molecule has 1 aromatic carbocycles. The molecule has 27 heavy (non-hydrogen) atoms. The van der Waals surface area contributed by atoms with Crippen LogP contribution in [0.1, 0.15) is 31.3 Å². The Kier molecular flexibility index (Phi) is 5.91. The summed E-state index contributed by atoms with van der Waals surface area (Å²) >= 11 is 0. The Morgan fingerprint density at radius 3 is 2.63 bits per heavy atom. The number of hydrogen-bond acceptors (Lipinski definition) is 6. The molecule has 0 spiro atoms. The van der Waals surface area contributed by atoms with E-state index in [1.807, 2.05) is 13.0 Å². The molecule has 0 atom stereocenters. The number of ether oxygens (including phenoxy) is 1. The number of aryl methyl sites for hydroxylation is 1. The van der Waals surface area contributed by atoms with Crippen LogP contribution in [0.15, 0.2) is 29.2 Å². The number of nitrogens with zero attached hydrogens (tertiary/aromatic N) is 3. The number of rotatable bonds is 7. The number of anilines is 1. The lowest BCUT2D eigenvalue weighted by atomic mass is 10.3. The maximum absolute atomic E-state index is 14.0. The zero-order chi connectivity index (χ0) is 19.4. The molecule has 1 N–H and O–H groups in total. The van der Waals surface area contributed by atoms with Gasteiger partial charge in [0.25, 0.3) is 0 Å². The van der Waals surface area contributed by atoms with E-state index >= 15 is 0 Å². The molecule has 0 saturated carbocycles. The Labute approximate surface area is 158 Å². The van der Waals surface area contributed by atoms with Gasteiger partial charge in [0, 0.05) is 24.8 Å². The topological polar surface area (TPSA) is 84.4 Å². The van der Waals surface area contributed by atoms with E-state index in [4.69, 9.17) is 4.74 Å². The lowest BCUT2D eigenvalue weighted by Gasteiger charge is -2.17. The van der Waals surface area contributed by atoms with Crippen LogP contribution in [-0.4, -0.2) is 38.1 Å². The predicted octanol–water partition coefficient (Wildman–Crippen LogP) is 2.40. The fraction of sp³-hybridized carbons (Fsp3) is 0.444. The Morgan fingerprint density at radius 1 is 1.22 bits per heavy atom. The minimum Gasteiger partial charge on any atom is -0.491 e. The molecule has 1 aromatic heterocycles. The number of nitrogens with one attached hydrogen (secondary N) is 1. The quantitative estimate of drug-likeness (QED) is 0.776. The van der Waals surface area contributed by atoms with Gasteiger partial charge in [-0.2, -0.15) is 0 Å². The molecular weight excluding hydrogens is 371 g/mol. The number of sulfonamides is 1. The lowest BCUT2D eigenvalue weighted by molar-refractivity contribution is 0.321. The molecule has 0 unspecified atom stereocenters. The maximum Gasteiger partial charge on any atom is 0.241 e. The molecule has 2 aromatic rings. The summed E-state index contributed by atoms with van der Waals surface area (Å²) in [7, 11) is -3.90. The van der Waals surface area contributed by atoms with Gasteiger partial charge in [0.2, 0.25) is 10.0 Å². The summed E-state index contributed by atoms with van der Waals surface area (Å²) in [6, 6.07) is 5.45. The van der Waals surface area contributed by atoms with Crippen LogP contribution in [0, 0.1) is 12.7 Å². The highest BCUT2D eigenvalue weighted by atomic mass is 32.2. The van der Waals surface area contributed by atoms with Crippen LogP contribution in [0.25, 0.3) is 0 Å². The third kappa shape index (κ3) is 4.72. The van der Waals surface area contributed by atoms with Gasteiger partial charge in [0.05, 0.1) is 18.0 Å². The average molecular weight is 394 g/mol. The summed E-state index contributed by atoms with van der Waals surface area (Å²) in [5, 5.41) is 0. The van der Waals surface area contributed by atoms with Crippen molar-refractivity contribution in [3.63, 3.8) is 0 Å². The molecule has 0 amide bonds. The van der Waals surface area contributed by atoms with E-state index < -0.39 is 15.8 Å².